The lowest BCUT2D eigenvalue weighted by molar-refractivity contribution is -0.137. The zero-order chi connectivity index (χ0) is 15.9. The number of aryl methyl sites for hydroxylation is 1. The van der Waals surface area contributed by atoms with Crippen LogP contribution in [0.15, 0.2) is 24.3 Å². The van der Waals surface area contributed by atoms with Crippen molar-refractivity contribution >= 4 is 16.8 Å². The van der Waals surface area contributed by atoms with E-state index in [0.29, 0.717) is 0 Å². The number of carbonyl (C=O) groups excluding carboxylic acids is 1. The maximum atomic E-state index is 13.1. The molecule has 0 saturated carbocycles. The highest BCUT2D eigenvalue weighted by Gasteiger charge is 2.37. The lowest BCUT2D eigenvalue weighted by Gasteiger charge is -2.37. The van der Waals surface area contributed by atoms with Crippen LogP contribution in [0.25, 0.3) is 10.9 Å². The molecule has 0 radical (unpaired) electrons. The number of nitrogens with one attached hydrogen (secondary N) is 1. The van der Waals surface area contributed by atoms with Crippen molar-refractivity contribution < 1.29 is 4.79 Å². The lowest BCUT2D eigenvalue weighted by atomic mass is 9.81. The van der Waals surface area contributed by atoms with Crippen molar-refractivity contribution in [3.63, 3.8) is 0 Å². The first-order chi connectivity index (χ1) is 10.4. The molecule has 1 aromatic heterocycles. The van der Waals surface area contributed by atoms with E-state index in [-0.39, 0.29) is 5.91 Å². The maximum Gasteiger partial charge on any atom is 0.232 e. The summed E-state index contributed by atoms with van der Waals surface area (Å²) in [6, 6.07) is 8.24. The van der Waals surface area contributed by atoms with Crippen LogP contribution in [0.3, 0.4) is 0 Å². The zero-order valence-corrected chi connectivity index (χ0v) is 13.9. The highest BCUT2D eigenvalue weighted by atomic mass is 16.2. The summed E-state index contributed by atoms with van der Waals surface area (Å²) in [5.74, 6) is 0.230. The van der Waals surface area contributed by atoms with Crippen LogP contribution in [0.1, 0.15) is 25.1 Å². The number of aromatic nitrogens is 1. The number of H-pyrrole nitrogens is 1. The van der Waals surface area contributed by atoms with Crippen molar-refractivity contribution in [2.24, 2.45) is 0 Å². The van der Waals surface area contributed by atoms with Crippen LogP contribution in [-0.4, -0.2) is 53.9 Å². The van der Waals surface area contributed by atoms with Gasteiger partial charge in [0.25, 0.3) is 0 Å². The molecule has 2 heterocycles. The van der Waals surface area contributed by atoms with Gasteiger partial charge < -0.3 is 14.8 Å². The second-order valence-electron chi connectivity index (χ2n) is 6.89. The van der Waals surface area contributed by atoms with E-state index < -0.39 is 5.41 Å². The van der Waals surface area contributed by atoms with Gasteiger partial charge in [-0.2, -0.15) is 0 Å². The minimum absolute atomic E-state index is 0.230. The fourth-order valence-corrected chi connectivity index (χ4v) is 3.59. The molecule has 118 valence electrons. The van der Waals surface area contributed by atoms with Crippen LogP contribution in [-0.2, 0) is 10.2 Å². The average molecular weight is 299 g/mol. The molecule has 0 atom stereocenters. The van der Waals surface area contributed by atoms with Crippen LogP contribution in [0, 0.1) is 6.92 Å². The maximum absolute atomic E-state index is 13.1. The number of hydrogen-bond acceptors (Lipinski definition) is 2. The summed E-state index contributed by atoms with van der Waals surface area (Å²) < 4.78 is 0. The van der Waals surface area contributed by atoms with E-state index in [2.05, 4.69) is 49.8 Å². The molecule has 2 aromatic rings. The zero-order valence-electron chi connectivity index (χ0n) is 13.9. The van der Waals surface area contributed by atoms with Gasteiger partial charge >= 0.3 is 0 Å². The largest absolute Gasteiger partial charge is 0.358 e. The standard InChI is InChI=1S/C18H25N3O/c1-13-16(14-7-5-6-8-15(14)19-13)18(2,3)17(22)21-11-9-20(4)10-12-21/h5-8,19H,9-12H2,1-4H3. The van der Waals surface area contributed by atoms with E-state index in [1.165, 1.54) is 0 Å². The molecule has 1 fully saturated rings. The van der Waals surface area contributed by atoms with Crippen molar-refractivity contribution in [2.75, 3.05) is 33.2 Å². The quantitative estimate of drug-likeness (QED) is 0.925. The smallest absolute Gasteiger partial charge is 0.232 e. The van der Waals surface area contributed by atoms with Crippen LogP contribution in [0.2, 0.25) is 0 Å². The summed E-state index contributed by atoms with van der Waals surface area (Å²) in [6.07, 6.45) is 0. The Labute approximate surface area is 132 Å². The van der Waals surface area contributed by atoms with E-state index in [0.717, 1.165) is 48.3 Å². The van der Waals surface area contributed by atoms with Crippen molar-refractivity contribution in [2.45, 2.75) is 26.2 Å². The molecule has 0 bridgehead atoms. The van der Waals surface area contributed by atoms with Gasteiger partial charge in [-0.25, -0.2) is 0 Å². The summed E-state index contributed by atoms with van der Waals surface area (Å²) in [6.45, 7) is 9.71. The number of amides is 1. The normalized spacial score (nSPS) is 17.2. The molecule has 1 aromatic carbocycles. The highest BCUT2D eigenvalue weighted by Crippen LogP contribution is 2.35. The Morgan fingerprint density at radius 3 is 2.45 bits per heavy atom. The number of rotatable bonds is 2. The Morgan fingerprint density at radius 1 is 1.14 bits per heavy atom. The predicted octanol–water partition coefficient (Wildman–Crippen LogP) is 2.53. The van der Waals surface area contributed by atoms with Crippen LogP contribution < -0.4 is 0 Å². The molecule has 4 heteroatoms. The Hall–Kier alpha value is -1.81. The fourth-order valence-electron chi connectivity index (χ4n) is 3.59. The minimum atomic E-state index is -0.514. The molecule has 1 aliphatic rings. The number of hydrogen-bond donors (Lipinski definition) is 1. The van der Waals surface area contributed by atoms with E-state index in [9.17, 15) is 4.79 Å². The minimum Gasteiger partial charge on any atom is -0.358 e. The molecule has 0 aliphatic carbocycles. The first kappa shape index (κ1) is 15.1. The summed E-state index contributed by atoms with van der Waals surface area (Å²) >= 11 is 0. The average Bonchev–Trinajstić information content (AvgIpc) is 2.83. The lowest BCUT2D eigenvalue weighted by Crippen LogP contribution is -2.52. The number of aromatic amines is 1. The van der Waals surface area contributed by atoms with Crippen molar-refractivity contribution in [1.82, 2.24) is 14.8 Å². The summed E-state index contributed by atoms with van der Waals surface area (Å²) in [5, 5.41) is 1.16. The van der Waals surface area contributed by atoms with E-state index in [1.807, 2.05) is 17.0 Å². The first-order valence-corrected chi connectivity index (χ1v) is 7.97. The van der Waals surface area contributed by atoms with Gasteiger partial charge in [-0.3, -0.25) is 4.79 Å². The molecule has 4 nitrogen and oxygen atoms in total. The Morgan fingerprint density at radius 2 is 1.77 bits per heavy atom. The van der Waals surface area contributed by atoms with E-state index in [4.69, 9.17) is 0 Å². The fraction of sp³-hybridized carbons (Fsp3) is 0.500. The van der Waals surface area contributed by atoms with E-state index >= 15 is 0 Å². The van der Waals surface area contributed by atoms with Crippen molar-refractivity contribution in [3.05, 3.63) is 35.5 Å². The second-order valence-corrected chi connectivity index (χ2v) is 6.89. The molecule has 3 rings (SSSR count). The number of likely N-dealkylation sites (N-methyl/N-ethyl adjacent to an activating group) is 1. The van der Waals surface area contributed by atoms with Crippen LogP contribution in [0.4, 0.5) is 0 Å². The van der Waals surface area contributed by atoms with Gasteiger partial charge in [-0.1, -0.05) is 18.2 Å². The molecular formula is C18H25N3O. The molecule has 1 amide bonds. The first-order valence-electron chi connectivity index (χ1n) is 7.97. The second kappa shape index (κ2) is 5.43. The number of para-hydroxylation sites is 1. The van der Waals surface area contributed by atoms with Crippen molar-refractivity contribution in [1.29, 1.82) is 0 Å². The molecule has 0 spiro atoms. The summed E-state index contributed by atoms with van der Waals surface area (Å²) in [5.41, 5.74) is 2.81. The highest BCUT2D eigenvalue weighted by molar-refractivity contribution is 5.95. The van der Waals surface area contributed by atoms with Gasteiger partial charge in [0.2, 0.25) is 5.91 Å². The predicted molar refractivity (Wildman–Crippen MR) is 90.1 cm³/mol. The number of nitrogens with zero attached hydrogens (tertiary/aromatic N) is 2. The summed E-state index contributed by atoms with van der Waals surface area (Å²) in [7, 11) is 2.11. The monoisotopic (exact) mass is 299 g/mol. The number of benzene rings is 1. The Kier molecular flexibility index (Phi) is 3.73. The molecular weight excluding hydrogens is 274 g/mol. The van der Waals surface area contributed by atoms with Gasteiger partial charge in [0.05, 0.1) is 5.41 Å². The number of fused-ring (bicyclic) bond motifs is 1. The summed E-state index contributed by atoms with van der Waals surface area (Å²) in [4.78, 5) is 20.8. The molecule has 0 unspecified atom stereocenters. The number of piperazine rings is 1. The molecule has 1 N–H and O–H groups in total. The van der Waals surface area contributed by atoms with Crippen LogP contribution >= 0.6 is 0 Å². The van der Waals surface area contributed by atoms with Gasteiger partial charge in [0.1, 0.15) is 0 Å². The van der Waals surface area contributed by atoms with Crippen LogP contribution in [0.5, 0.6) is 0 Å². The number of carbonyl (C=O) groups is 1. The van der Waals surface area contributed by atoms with Gasteiger partial charge in [0.15, 0.2) is 0 Å². The molecule has 1 aliphatic heterocycles. The third-order valence-corrected chi connectivity index (χ3v) is 4.84. The molecule has 1 saturated heterocycles. The SMILES string of the molecule is Cc1[nH]c2ccccc2c1C(C)(C)C(=O)N1CCN(C)CC1. The third-order valence-electron chi connectivity index (χ3n) is 4.84. The van der Waals surface area contributed by atoms with Crippen molar-refractivity contribution in [3.8, 4) is 0 Å². The topological polar surface area (TPSA) is 39.3 Å². The van der Waals surface area contributed by atoms with Gasteiger partial charge in [-0.05, 0) is 39.4 Å². The third kappa shape index (κ3) is 2.41. The molecule has 22 heavy (non-hydrogen) atoms. The van der Waals surface area contributed by atoms with E-state index in [1.54, 1.807) is 0 Å². The van der Waals surface area contributed by atoms with Gasteiger partial charge in [-0.15, -0.1) is 0 Å². The Balaban J connectivity index is 1.97. The Bertz CT molecular complexity index is 693. The van der Waals surface area contributed by atoms with Gasteiger partial charge in [0, 0.05) is 42.8 Å².